The lowest BCUT2D eigenvalue weighted by Gasteiger charge is -2.10. The van der Waals surface area contributed by atoms with Gasteiger partial charge in [-0.05, 0) is 31.0 Å². The Morgan fingerprint density at radius 3 is 2.37 bits per heavy atom. The van der Waals surface area contributed by atoms with Crippen LogP contribution in [-0.2, 0) is 24.9 Å². The molecule has 0 saturated carbocycles. The van der Waals surface area contributed by atoms with Crippen molar-refractivity contribution in [2.75, 3.05) is 0 Å². The van der Waals surface area contributed by atoms with E-state index in [1.165, 1.54) is 4.68 Å². The molecule has 0 spiro atoms. The number of aromatic nitrogens is 2. The van der Waals surface area contributed by atoms with Gasteiger partial charge in [0.2, 0.25) is 0 Å². The monoisotopic (exact) mass is 365 g/mol. The highest BCUT2D eigenvalue weighted by Crippen LogP contribution is 2.13. The van der Waals surface area contributed by atoms with Crippen molar-refractivity contribution in [1.29, 1.82) is 0 Å². The predicted octanol–water partition coefficient (Wildman–Crippen LogP) is 2.79. The molecular weight excluding hydrogens is 342 g/mol. The third-order valence-electron chi connectivity index (χ3n) is 4.23. The molecule has 0 saturated heterocycles. The van der Waals surface area contributed by atoms with Crippen molar-refractivity contribution in [2.45, 2.75) is 33.1 Å². The minimum absolute atomic E-state index is 0.188. The number of hydrogen-bond acceptors (Lipinski definition) is 4. The summed E-state index contributed by atoms with van der Waals surface area (Å²) in [6, 6.07) is 14.9. The van der Waals surface area contributed by atoms with Gasteiger partial charge in [0.15, 0.2) is 5.69 Å². The number of carbonyl (C=O) groups is 1. The standard InChI is InChI=1S/C21H23N3O3/c1-14(2)27-13-16-10-8-15(9-11-16)12-22-20(25)19-17-6-4-5-7-18(17)21(26)24(3)23-19/h4-11,14H,12-13H2,1-3H3,(H,22,25). The molecule has 27 heavy (non-hydrogen) atoms. The second-order valence-corrected chi connectivity index (χ2v) is 6.68. The van der Waals surface area contributed by atoms with Crippen molar-refractivity contribution in [2.24, 2.45) is 7.05 Å². The molecule has 1 aromatic heterocycles. The molecule has 140 valence electrons. The van der Waals surface area contributed by atoms with Crippen LogP contribution < -0.4 is 10.9 Å². The smallest absolute Gasteiger partial charge is 0.274 e. The number of rotatable bonds is 6. The van der Waals surface area contributed by atoms with Crippen LogP contribution in [0.25, 0.3) is 10.8 Å². The van der Waals surface area contributed by atoms with E-state index in [4.69, 9.17) is 4.74 Å². The minimum atomic E-state index is -0.311. The molecule has 0 aliphatic rings. The van der Waals surface area contributed by atoms with Crippen molar-refractivity contribution >= 4 is 16.7 Å². The molecule has 0 unspecified atom stereocenters. The van der Waals surface area contributed by atoms with Crippen LogP contribution in [0.4, 0.5) is 0 Å². The van der Waals surface area contributed by atoms with E-state index < -0.39 is 0 Å². The van der Waals surface area contributed by atoms with Gasteiger partial charge in [-0.15, -0.1) is 0 Å². The first-order valence-corrected chi connectivity index (χ1v) is 8.89. The van der Waals surface area contributed by atoms with Gasteiger partial charge in [0.25, 0.3) is 11.5 Å². The maximum atomic E-state index is 12.6. The molecule has 1 N–H and O–H groups in total. The Balaban J connectivity index is 1.72. The number of aryl methyl sites for hydroxylation is 1. The lowest BCUT2D eigenvalue weighted by molar-refractivity contribution is 0.0657. The molecule has 0 atom stereocenters. The molecule has 6 nitrogen and oxygen atoms in total. The van der Waals surface area contributed by atoms with Gasteiger partial charge in [0.05, 0.1) is 18.1 Å². The summed E-state index contributed by atoms with van der Waals surface area (Å²) in [6.07, 6.45) is 0.188. The van der Waals surface area contributed by atoms with Crippen LogP contribution in [0.1, 0.15) is 35.5 Å². The third kappa shape index (κ3) is 4.41. The van der Waals surface area contributed by atoms with Crippen LogP contribution in [-0.4, -0.2) is 21.8 Å². The van der Waals surface area contributed by atoms with Gasteiger partial charge in [-0.1, -0.05) is 42.5 Å². The second-order valence-electron chi connectivity index (χ2n) is 6.68. The molecular formula is C21H23N3O3. The molecule has 0 aliphatic heterocycles. The van der Waals surface area contributed by atoms with Gasteiger partial charge in [0, 0.05) is 19.0 Å². The molecule has 0 fully saturated rings. The number of nitrogens with zero attached hydrogens (tertiary/aromatic N) is 2. The molecule has 0 aliphatic carbocycles. The fraction of sp³-hybridized carbons (Fsp3) is 0.286. The third-order valence-corrected chi connectivity index (χ3v) is 4.23. The second kappa shape index (κ2) is 8.14. The summed E-state index contributed by atoms with van der Waals surface area (Å²) in [7, 11) is 1.55. The average molecular weight is 365 g/mol. The number of nitrogens with one attached hydrogen (secondary N) is 1. The Bertz CT molecular complexity index is 1010. The number of hydrogen-bond donors (Lipinski definition) is 1. The zero-order chi connectivity index (χ0) is 19.4. The SMILES string of the molecule is CC(C)OCc1ccc(CNC(=O)c2nn(C)c(=O)c3ccccc23)cc1. The maximum absolute atomic E-state index is 12.6. The summed E-state index contributed by atoms with van der Waals surface area (Å²) in [5, 5.41) is 8.06. The topological polar surface area (TPSA) is 73.2 Å². The number of amides is 1. The Kier molecular flexibility index (Phi) is 5.66. The predicted molar refractivity (Wildman–Crippen MR) is 105 cm³/mol. The summed E-state index contributed by atoms with van der Waals surface area (Å²) in [5.74, 6) is -0.311. The van der Waals surface area contributed by atoms with Crippen molar-refractivity contribution in [3.63, 3.8) is 0 Å². The van der Waals surface area contributed by atoms with Crippen LogP contribution in [0.15, 0.2) is 53.3 Å². The van der Waals surface area contributed by atoms with Crippen molar-refractivity contribution in [3.8, 4) is 0 Å². The summed E-state index contributed by atoms with van der Waals surface area (Å²) in [4.78, 5) is 24.8. The fourth-order valence-corrected chi connectivity index (χ4v) is 2.75. The van der Waals surface area contributed by atoms with Crippen molar-refractivity contribution in [1.82, 2.24) is 15.1 Å². The molecule has 1 amide bonds. The van der Waals surface area contributed by atoms with E-state index >= 15 is 0 Å². The first kappa shape index (κ1) is 18.8. The molecule has 0 bridgehead atoms. The molecule has 2 aromatic carbocycles. The van der Waals surface area contributed by atoms with Crippen molar-refractivity contribution < 1.29 is 9.53 Å². The highest BCUT2D eigenvalue weighted by atomic mass is 16.5. The average Bonchev–Trinajstić information content (AvgIpc) is 2.68. The van der Waals surface area contributed by atoms with Gasteiger partial charge in [-0.2, -0.15) is 5.10 Å². The normalized spacial score (nSPS) is 11.1. The quantitative estimate of drug-likeness (QED) is 0.729. The van der Waals surface area contributed by atoms with Crippen LogP contribution >= 0.6 is 0 Å². The van der Waals surface area contributed by atoms with Crippen molar-refractivity contribution in [3.05, 3.63) is 75.7 Å². The van der Waals surface area contributed by atoms with Crippen LogP contribution in [0, 0.1) is 0 Å². The molecule has 3 aromatic rings. The van der Waals surface area contributed by atoms with E-state index in [0.29, 0.717) is 23.9 Å². The molecule has 0 radical (unpaired) electrons. The van der Waals surface area contributed by atoms with E-state index in [2.05, 4.69) is 10.4 Å². The summed E-state index contributed by atoms with van der Waals surface area (Å²) < 4.78 is 6.77. The largest absolute Gasteiger partial charge is 0.374 e. The summed E-state index contributed by atoms with van der Waals surface area (Å²) in [6.45, 7) is 4.95. The maximum Gasteiger partial charge on any atom is 0.274 e. The van der Waals surface area contributed by atoms with E-state index in [9.17, 15) is 9.59 Å². The lowest BCUT2D eigenvalue weighted by Crippen LogP contribution is -2.29. The number of benzene rings is 2. The molecule has 1 heterocycles. The Morgan fingerprint density at radius 1 is 1.07 bits per heavy atom. The Hall–Kier alpha value is -2.99. The Labute approximate surface area is 157 Å². The van der Waals surface area contributed by atoms with Crippen LogP contribution in [0.5, 0.6) is 0 Å². The van der Waals surface area contributed by atoms with E-state index in [1.54, 1.807) is 31.3 Å². The van der Waals surface area contributed by atoms with E-state index in [1.807, 2.05) is 38.1 Å². The first-order chi connectivity index (χ1) is 13.0. The summed E-state index contributed by atoms with van der Waals surface area (Å²) in [5.41, 5.74) is 2.09. The van der Waals surface area contributed by atoms with Gasteiger partial charge in [-0.3, -0.25) is 9.59 Å². The number of carbonyl (C=O) groups excluding carboxylic acids is 1. The van der Waals surface area contributed by atoms with E-state index in [0.717, 1.165) is 11.1 Å². The van der Waals surface area contributed by atoms with Gasteiger partial charge < -0.3 is 10.1 Å². The zero-order valence-corrected chi connectivity index (χ0v) is 15.7. The highest BCUT2D eigenvalue weighted by Gasteiger charge is 2.15. The number of fused-ring (bicyclic) bond motifs is 1. The van der Waals surface area contributed by atoms with Gasteiger partial charge >= 0.3 is 0 Å². The van der Waals surface area contributed by atoms with Gasteiger partial charge in [0.1, 0.15) is 0 Å². The summed E-state index contributed by atoms with van der Waals surface area (Å²) >= 11 is 0. The lowest BCUT2D eigenvalue weighted by atomic mass is 10.1. The first-order valence-electron chi connectivity index (χ1n) is 8.89. The van der Waals surface area contributed by atoms with Gasteiger partial charge in [-0.25, -0.2) is 4.68 Å². The van der Waals surface area contributed by atoms with E-state index in [-0.39, 0.29) is 23.3 Å². The fourth-order valence-electron chi connectivity index (χ4n) is 2.75. The zero-order valence-electron chi connectivity index (χ0n) is 15.7. The molecule has 3 rings (SSSR count). The van der Waals surface area contributed by atoms with Crippen LogP contribution in [0.3, 0.4) is 0 Å². The molecule has 6 heteroatoms. The Morgan fingerprint density at radius 2 is 1.70 bits per heavy atom. The minimum Gasteiger partial charge on any atom is -0.374 e. The highest BCUT2D eigenvalue weighted by molar-refractivity contribution is 6.04. The number of ether oxygens (including phenoxy) is 1. The van der Waals surface area contributed by atoms with Crippen LogP contribution in [0.2, 0.25) is 0 Å².